The minimum Gasteiger partial charge on any atom is -0.359 e. The minimum absolute atomic E-state index is 0.139. The number of carbonyl (C=O) groups excluding carboxylic acids is 3. The molecule has 0 bridgehead atoms. The third-order valence-electron chi connectivity index (χ3n) is 3.83. The Labute approximate surface area is 139 Å². The van der Waals surface area contributed by atoms with Crippen LogP contribution in [-0.2, 0) is 16.1 Å². The lowest BCUT2D eigenvalue weighted by Gasteiger charge is -2.22. The van der Waals surface area contributed by atoms with Crippen LogP contribution in [0.15, 0.2) is 23.1 Å². The minimum atomic E-state index is -0.584. The van der Waals surface area contributed by atoms with Crippen molar-refractivity contribution in [1.82, 2.24) is 10.2 Å². The highest BCUT2D eigenvalue weighted by Crippen LogP contribution is 2.33. The van der Waals surface area contributed by atoms with E-state index < -0.39 is 6.04 Å². The standard InChI is InChI=1S/C16H21N3O3S/c1-18-15(21)6-5-11(10-20)19-9-13-12(16(19)22)3-2-4-14(13)23-8-7-17/h2-4,10-11H,5-9,17H2,1H3,(H,18,21). The molecule has 0 radical (unpaired) electrons. The van der Waals surface area contributed by atoms with Crippen LogP contribution >= 0.6 is 11.8 Å². The van der Waals surface area contributed by atoms with Gasteiger partial charge in [0, 0.05) is 42.8 Å². The van der Waals surface area contributed by atoms with E-state index in [9.17, 15) is 14.4 Å². The van der Waals surface area contributed by atoms with Crippen LogP contribution in [0.5, 0.6) is 0 Å². The molecule has 0 saturated carbocycles. The molecule has 1 heterocycles. The zero-order valence-corrected chi connectivity index (χ0v) is 13.9. The zero-order chi connectivity index (χ0) is 16.8. The highest BCUT2D eigenvalue weighted by Gasteiger charge is 2.34. The number of nitrogens with one attached hydrogen (secondary N) is 1. The molecule has 1 aliphatic heterocycles. The van der Waals surface area contributed by atoms with Crippen molar-refractivity contribution in [3.05, 3.63) is 29.3 Å². The van der Waals surface area contributed by atoms with Gasteiger partial charge in [0.1, 0.15) is 6.29 Å². The second-order valence-electron chi connectivity index (χ2n) is 5.27. The fourth-order valence-electron chi connectivity index (χ4n) is 2.60. The molecule has 0 spiro atoms. The van der Waals surface area contributed by atoms with Gasteiger partial charge in [-0.05, 0) is 24.1 Å². The first-order valence-electron chi connectivity index (χ1n) is 7.54. The fraction of sp³-hybridized carbons (Fsp3) is 0.438. The van der Waals surface area contributed by atoms with Gasteiger partial charge in [-0.2, -0.15) is 0 Å². The number of nitrogens with two attached hydrogens (primary N) is 1. The molecule has 124 valence electrons. The Morgan fingerprint density at radius 1 is 1.52 bits per heavy atom. The van der Waals surface area contributed by atoms with Gasteiger partial charge in [0.15, 0.2) is 0 Å². The molecule has 1 unspecified atom stereocenters. The maximum atomic E-state index is 12.6. The van der Waals surface area contributed by atoms with E-state index in [1.54, 1.807) is 29.8 Å². The largest absolute Gasteiger partial charge is 0.359 e. The van der Waals surface area contributed by atoms with Crippen molar-refractivity contribution in [3.8, 4) is 0 Å². The van der Waals surface area contributed by atoms with Crippen molar-refractivity contribution in [2.24, 2.45) is 5.73 Å². The first kappa shape index (κ1) is 17.5. The first-order chi connectivity index (χ1) is 11.1. The molecule has 23 heavy (non-hydrogen) atoms. The Balaban J connectivity index is 2.15. The maximum Gasteiger partial charge on any atom is 0.255 e. The second kappa shape index (κ2) is 8.12. The summed E-state index contributed by atoms with van der Waals surface area (Å²) in [6.07, 6.45) is 1.29. The Morgan fingerprint density at radius 3 is 2.96 bits per heavy atom. The number of thioether (sulfide) groups is 1. The van der Waals surface area contributed by atoms with E-state index in [-0.39, 0.29) is 18.2 Å². The number of fused-ring (bicyclic) bond motifs is 1. The van der Waals surface area contributed by atoms with Crippen LogP contribution in [0, 0.1) is 0 Å². The summed E-state index contributed by atoms with van der Waals surface area (Å²) in [5.74, 6) is 0.489. The second-order valence-corrected chi connectivity index (χ2v) is 6.40. The van der Waals surface area contributed by atoms with Crippen LogP contribution in [0.25, 0.3) is 0 Å². The van der Waals surface area contributed by atoms with Gasteiger partial charge in [0.2, 0.25) is 5.91 Å². The maximum absolute atomic E-state index is 12.6. The molecule has 6 nitrogen and oxygen atoms in total. The molecule has 7 heteroatoms. The van der Waals surface area contributed by atoms with Gasteiger partial charge < -0.3 is 20.7 Å². The molecule has 1 aliphatic rings. The molecule has 0 aromatic heterocycles. The van der Waals surface area contributed by atoms with E-state index in [2.05, 4.69) is 5.32 Å². The SMILES string of the molecule is CNC(=O)CCC(C=O)N1Cc2c(SCCN)cccc2C1=O. The van der Waals surface area contributed by atoms with Crippen molar-refractivity contribution in [1.29, 1.82) is 0 Å². The smallest absolute Gasteiger partial charge is 0.255 e. The molecule has 2 rings (SSSR count). The monoisotopic (exact) mass is 335 g/mol. The third kappa shape index (κ3) is 3.92. The molecular weight excluding hydrogens is 314 g/mol. The topological polar surface area (TPSA) is 92.5 Å². The Hall–Kier alpha value is -1.86. The van der Waals surface area contributed by atoms with Gasteiger partial charge >= 0.3 is 0 Å². The van der Waals surface area contributed by atoms with Crippen LogP contribution in [0.1, 0.15) is 28.8 Å². The lowest BCUT2D eigenvalue weighted by molar-refractivity contribution is -0.121. The predicted molar refractivity (Wildman–Crippen MR) is 89.2 cm³/mol. The summed E-state index contributed by atoms with van der Waals surface area (Å²) in [5, 5.41) is 2.52. The zero-order valence-electron chi connectivity index (χ0n) is 13.1. The summed E-state index contributed by atoms with van der Waals surface area (Å²) < 4.78 is 0. The van der Waals surface area contributed by atoms with Gasteiger partial charge in [0.25, 0.3) is 5.91 Å². The van der Waals surface area contributed by atoms with Crippen LogP contribution in [0.4, 0.5) is 0 Å². The number of amides is 2. The fourth-order valence-corrected chi connectivity index (χ4v) is 3.46. The molecule has 3 N–H and O–H groups in total. The molecule has 1 aromatic carbocycles. The van der Waals surface area contributed by atoms with Gasteiger partial charge in [0.05, 0.1) is 6.04 Å². The predicted octanol–water partition coefficient (Wildman–Crippen LogP) is 0.787. The van der Waals surface area contributed by atoms with Crippen molar-refractivity contribution < 1.29 is 14.4 Å². The van der Waals surface area contributed by atoms with Gasteiger partial charge in [-0.3, -0.25) is 9.59 Å². The summed E-state index contributed by atoms with van der Waals surface area (Å²) in [6, 6.07) is 5.01. The molecule has 0 saturated heterocycles. The van der Waals surface area contributed by atoms with E-state index in [1.807, 2.05) is 12.1 Å². The van der Waals surface area contributed by atoms with Crippen molar-refractivity contribution in [2.45, 2.75) is 30.3 Å². The highest BCUT2D eigenvalue weighted by molar-refractivity contribution is 7.99. The van der Waals surface area contributed by atoms with E-state index in [4.69, 9.17) is 5.73 Å². The number of hydrogen-bond donors (Lipinski definition) is 2. The van der Waals surface area contributed by atoms with Gasteiger partial charge in [-0.15, -0.1) is 11.8 Å². The van der Waals surface area contributed by atoms with E-state index >= 15 is 0 Å². The Morgan fingerprint density at radius 2 is 2.30 bits per heavy atom. The summed E-state index contributed by atoms with van der Waals surface area (Å²) in [4.78, 5) is 37.9. The molecule has 0 fully saturated rings. The van der Waals surface area contributed by atoms with Gasteiger partial charge in [-0.25, -0.2) is 0 Å². The first-order valence-corrected chi connectivity index (χ1v) is 8.52. The molecule has 2 amide bonds. The number of benzene rings is 1. The molecule has 0 aliphatic carbocycles. The molecular formula is C16H21N3O3S. The quantitative estimate of drug-likeness (QED) is 0.541. The summed E-state index contributed by atoms with van der Waals surface area (Å²) in [5.41, 5.74) is 7.13. The van der Waals surface area contributed by atoms with Crippen LogP contribution < -0.4 is 11.1 Å². The van der Waals surface area contributed by atoms with E-state index in [0.717, 1.165) is 22.5 Å². The molecule has 1 aromatic rings. The number of carbonyl (C=O) groups is 3. The van der Waals surface area contributed by atoms with E-state index in [1.165, 1.54) is 0 Å². The van der Waals surface area contributed by atoms with Crippen molar-refractivity contribution in [3.63, 3.8) is 0 Å². The van der Waals surface area contributed by atoms with Crippen LogP contribution in [0.3, 0.4) is 0 Å². The third-order valence-corrected chi connectivity index (χ3v) is 4.96. The average molecular weight is 335 g/mol. The number of hydrogen-bond acceptors (Lipinski definition) is 5. The van der Waals surface area contributed by atoms with Crippen LogP contribution in [-0.4, -0.2) is 48.4 Å². The van der Waals surface area contributed by atoms with E-state index in [0.29, 0.717) is 25.1 Å². The molecule has 1 atom stereocenters. The highest BCUT2D eigenvalue weighted by atomic mass is 32.2. The lowest BCUT2D eigenvalue weighted by atomic mass is 10.1. The van der Waals surface area contributed by atoms with Crippen LogP contribution in [0.2, 0.25) is 0 Å². The number of nitrogens with zero attached hydrogens (tertiary/aromatic N) is 1. The summed E-state index contributed by atoms with van der Waals surface area (Å²) in [7, 11) is 1.55. The Bertz CT molecular complexity index is 606. The number of aldehydes is 1. The normalized spacial score (nSPS) is 14.5. The van der Waals surface area contributed by atoms with Crippen molar-refractivity contribution in [2.75, 3.05) is 19.3 Å². The van der Waals surface area contributed by atoms with Crippen molar-refractivity contribution >= 4 is 29.9 Å². The summed E-state index contributed by atoms with van der Waals surface area (Å²) in [6.45, 7) is 0.966. The Kier molecular flexibility index (Phi) is 6.18. The number of rotatable bonds is 8. The summed E-state index contributed by atoms with van der Waals surface area (Å²) >= 11 is 1.61. The lowest BCUT2D eigenvalue weighted by Crippen LogP contribution is -2.37. The average Bonchev–Trinajstić information content (AvgIpc) is 2.91. The van der Waals surface area contributed by atoms with Gasteiger partial charge in [-0.1, -0.05) is 6.07 Å².